The Bertz CT molecular complexity index is 1670. The zero-order chi connectivity index (χ0) is 29.5. The molecule has 41 heavy (non-hydrogen) atoms. The molecule has 9 nitrogen and oxygen atoms in total. The number of sulfonamides is 1. The van der Waals surface area contributed by atoms with Crippen LogP contribution in [0.4, 0.5) is 15.8 Å². The van der Waals surface area contributed by atoms with Crippen LogP contribution in [0.3, 0.4) is 0 Å². The number of rotatable bonds is 9. The number of likely N-dealkylation sites (N-methyl/N-ethyl adjacent to an activating group) is 1. The molecule has 2 amide bonds. The number of aromatic amines is 1. The van der Waals surface area contributed by atoms with Crippen molar-refractivity contribution in [1.29, 1.82) is 0 Å². The van der Waals surface area contributed by atoms with Crippen molar-refractivity contribution in [3.63, 3.8) is 0 Å². The van der Waals surface area contributed by atoms with Crippen LogP contribution in [0.2, 0.25) is 0 Å². The Morgan fingerprint density at radius 1 is 1.15 bits per heavy atom. The second-order valence-electron chi connectivity index (χ2n) is 10.3. The van der Waals surface area contributed by atoms with Gasteiger partial charge in [0.25, 0.3) is 21.8 Å². The molecule has 2 aliphatic rings. The summed E-state index contributed by atoms with van der Waals surface area (Å²) in [6.45, 7) is 11.1. The van der Waals surface area contributed by atoms with Crippen molar-refractivity contribution >= 4 is 44.9 Å². The Hall–Kier alpha value is -3.96. The predicted octanol–water partition coefficient (Wildman–Crippen LogP) is 4.09. The highest BCUT2D eigenvalue weighted by molar-refractivity contribution is 7.92. The van der Waals surface area contributed by atoms with Crippen LogP contribution in [0.5, 0.6) is 0 Å². The van der Waals surface area contributed by atoms with E-state index in [2.05, 4.69) is 34.4 Å². The second kappa shape index (κ2) is 11.1. The number of H-pyrrole nitrogens is 1. The first-order chi connectivity index (χ1) is 19.5. The molecule has 5 rings (SSSR count). The lowest BCUT2D eigenvalue weighted by Crippen LogP contribution is -2.35. The molecule has 2 aromatic carbocycles. The van der Waals surface area contributed by atoms with Gasteiger partial charge in [-0.25, -0.2) is 12.8 Å². The first-order valence-corrected chi connectivity index (χ1v) is 15.2. The molecule has 3 aromatic rings. The summed E-state index contributed by atoms with van der Waals surface area (Å²) in [4.78, 5) is 31.4. The lowest BCUT2D eigenvalue weighted by Gasteiger charge is -2.20. The van der Waals surface area contributed by atoms with Crippen LogP contribution in [-0.2, 0) is 21.2 Å². The zero-order valence-electron chi connectivity index (χ0n) is 23.6. The van der Waals surface area contributed by atoms with E-state index in [9.17, 15) is 22.4 Å². The Kier molecular flexibility index (Phi) is 7.76. The number of aryl methyl sites for hydroxylation is 1. The van der Waals surface area contributed by atoms with Crippen LogP contribution < -0.4 is 14.9 Å². The summed E-state index contributed by atoms with van der Waals surface area (Å²) in [5, 5.41) is 5.78. The second-order valence-corrected chi connectivity index (χ2v) is 12.1. The molecule has 0 aliphatic carbocycles. The SMILES string of the molecule is CCN(CC)CCNC(=O)c1c(C)[nH]c(/C=C2\C(=O)Nc3ccc(S(=O)(=O)N4CCc5cc(F)ccc54)cc32)c1C. The summed E-state index contributed by atoms with van der Waals surface area (Å²) >= 11 is 0. The fraction of sp³-hybridized carbons (Fsp3) is 0.333. The van der Waals surface area contributed by atoms with Crippen molar-refractivity contribution < 1.29 is 22.4 Å². The Labute approximate surface area is 239 Å². The molecular weight excluding hydrogens is 545 g/mol. The first-order valence-electron chi connectivity index (χ1n) is 13.7. The number of nitrogens with zero attached hydrogens (tertiary/aromatic N) is 2. The van der Waals surface area contributed by atoms with Gasteiger partial charge in [0.2, 0.25) is 0 Å². The van der Waals surface area contributed by atoms with Crippen LogP contribution in [-0.4, -0.2) is 62.8 Å². The van der Waals surface area contributed by atoms with Gasteiger partial charge < -0.3 is 20.5 Å². The molecule has 0 saturated carbocycles. The fourth-order valence-corrected chi connectivity index (χ4v) is 7.08. The van der Waals surface area contributed by atoms with E-state index in [0.717, 1.165) is 19.6 Å². The Morgan fingerprint density at radius 2 is 1.90 bits per heavy atom. The quantitative estimate of drug-likeness (QED) is 0.331. The summed E-state index contributed by atoms with van der Waals surface area (Å²) in [7, 11) is -3.96. The number of carbonyl (C=O) groups is 2. The molecule has 1 aromatic heterocycles. The average molecular weight is 580 g/mol. The number of amides is 2. The monoisotopic (exact) mass is 579 g/mol. The number of benzene rings is 2. The third-order valence-corrected chi connectivity index (χ3v) is 9.67. The minimum atomic E-state index is -3.96. The highest BCUT2D eigenvalue weighted by Crippen LogP contribution is 2.38. The van der Waals surface area contributed by atoms with Gasteiger partial charge in [0.15, 0.2) is 0 Å². The molecule has 0 radical (unpaired) electrons. The molecule has 11 heteroatoms. The van der Waals surface area contributed by atoms with Gasteiger partial charge in [0.05, 0.1) is 21.7 Å². The Morgan fingerprint density at radius 3 is 2.63 bits per heavy atom. The maximum absolute atomic E-state index is 13.7. The van der Waals surface area contributed by atoms with Gasteiger partial charge in [-0.2, -0.15) is 0 Å². The van der Waals surface area contributed by atoms with E-state index < -0.39 is 15.8 Å². The highest BCUT2D eigenvalue weighted by atomic mass is 32.2. The van der Waals surface area contributed by atoms with Crippen LogP contribution in [0.1, 0.15) is 52.3 Å². The van der Waals surface area contributed by atoms with Crippen molar-refractivity contribution in [3.05, 3.63) is 75.9 Å². The molecule has 0 bridgehead atoms. The van der Waals surface area contributed by atoms with Crippen LogP contribution >= 0.6 is 0 Å². The van der Waals surface area contributed by atoms with Crippen molar-refractivity contribution in [2.24, 2.45) is 0 Å². The van der Waals surface area contributed by atoms with Gasteiger partial charge in [0.1, 0.15) is 5.82 Å². The van der Waals surface area contributed by atoms with Gasteiger partial charge in [-0.3, -0.25) is 13.9 Å². The third-order valence-electron chi connectivity index (χ3n) is 7.86. The number of aromatic nitrogens is 1. The minimum absolute atomic E-state index is 0.0310. The average Bonchev–Trinajstić information content (AvgIpc) is 3.59. The van der Waals surface area contributed by atoms with Gasteiger partial charge in [-0.15, -0.1) is 0 Å². The van der Waals surface area contributed by atoms with E-state index >= 15 is 0 Å². The van der Waals surface area contributed by atoms with Crippen molar-refractivity contribution in [1.82, 2.24) is 15.2 Å². The maximum Gasteiger partial charge on any atom is 0.264 e. The molecular formula is C30H34FN5O4S. The number of fused-ring (bicyclic) bond motifs is 2. The van der Waals surface area contributed by atoms with E-state index in [4.69, 9.17) is 0 Å². The van der Waals surface area contributed by atoms with Crippen LogP contribution in [0.25, 0.3) is 11.6 Å². The van der Waals surface area contributed by atoms with E-state index in [1.54, 1.807) is 19.1 Å². The van der Waals surface area contributed by atoms with Gasteiger partial charge in [-0.05, 0) is 87.0 Å². The molecule has 0 saturated heterocycles. The normalized spacial score (nSPS) is 15.4. The molecule has 3 N–H and O–H groups in total. The van der Waals surface area contributed by atoms with Crippen molar-refractivity contribution in [2.75, 3.05) is 42.3 Å². The van der Waals surface area contributed by atoms with E-state index in [-0.39, 0.29) is 23.3 Å². The van der Waals surface area contributed by atoms with E-state index in [0.29, 0.717) is 63.6 Å². The summed E-state index contributed by atoms with van der Waals surface area (Å²) in [5.74, 6) is -0.966. The first kappa shape index (κ1) is 28.6. The van der Waals surface area contributed by atoms with Crippen LogP contribution in [0, 0.1) is 19.7 Å². The standard InChI is InChI=1S/C30H34FN5O4S/c1-5-35(6-2)14-12-32-30(38)28-18(3)26(33-19(28)4)17-24-23-16-22(8-9-25(23)34-29(24)37)41(39,40)36-13-11-20-15-21(31)7-10-27(20)36/h7-10,15-17,33H,5-6,11-14H2,1-4H3,(H,32,38)(H,34,37)/b24-17-. The summed E-state index contributed by atoms with van der Waals surface area (Å²) < 4.78 is 42.2. The number of hydrogen-bond acceptors (Lipinski definition) is 5. The van der Waals surface area contributed by atoms with E-state index in [1.165, 1.54) is 34.6 Å². The maximum atomic E-state index is 13.7. The minimum Gasteiger partial charge on any atom is -0.358 e. The topological polar surface area (TPSA) is 115 Å². The summed E-state index contributed by atoms with van der Waals surface area (Å²) in [6, 6.07) is 8.61. The molecule has 0 fully saturated rings. The molecule has 2 aliphatic heterocycles. The smallest absolute Gasteiger partial charge is 0.264 e. The molecule has 0 unspecified atom stereocenters. The van der Waals surface area contributed by atoms with E-state index in [1.807, 2.05) is 6.92 Å². The Balaban J connectivity index is 1.43. The molecule has 0 atom stereocenters. The molecule has 216 valence electrons. The van der Waals surface area contributed by atoms with Gasteiger partial charge in [-0.1, -0.05) is 13.8 Å². The summed E-state index contributed by atoms with van der Waals surface area (Å²) in [6.07, 6.45) is 2.07. The molecule has 0 spiro atoms. The lowest BCUT2D eigenvalue weighted by molar-refractivity contribution is -0.110. The predicted molar refractivity (Wildman–Crippen MR) is 158 cm³/mol. The lowest BCUT2D eigenvalue weighted by atomic mass is 10.0. The number of anilines is 2. The third kappa shape index (κ3) is 5.27. The largest absolute Gasteiger partial charge is 0.358 e. The number of hydrogen-bond donors (Lipinski definition) is 3. The fourth-order valence-electron chi connectivity index (χ4n) is 5.55. The van der Waals surface area contributed by atoms with Crippen LogP contribution in [0.15, 0.2) is 41.3 Å². The van der Waals surface area contributed by atoms with Gasteiger partial charge >= 0.3 is 0 Å². The number of nitrogens with one attached hydrogen (secondary N) is 3. The number of carbonyl (C=O) groups excluding carboxylic acids is 2. The zero-order valence-corrected chi connectivity index (χ0v) is 24.4. The summed E-state index contributed by atoms with van der Waals surface area (Å²) in [5.41, 5.74) is 4.82. The highest BCUT2D eigenvalue weighted by Gasteiger charge is 2.33. The molecule has 3 heterocycles. The van der Waals surface area contributed by atoms with Crippen molar-refractivity contribution in [3.8, 4) is 0 Å². The van der Waals surface area contributed by atoms with Gasteiger partial charge in [0, 0.05) is 42.3 Å². The number of halogens is 1. The van der Waals surface area contributed by atoms with Crippen molar-refractivity contribution in [2.45, 2.75) is 39.0 Å².